The van der Waals surface area contributed by atoms with Gasteiger partial charge in [-0.2, -0.15) is 0 Å². The molecule has 0 aromatic carbocycles. The fraction of sp³-hybridized carbons (Fsp3) is 1.00. The zero-order valence-corrected chi connectivity index (χ0v) is 11.8. The van der Waals surface area contributed by atoms with E-state index in [0.29, 0.717) is 6.10 Å². The Bertz CT molecular complexity index is 149. The summed E-state index contributed by atoms with van der Waals surface area (Å²) in [6, 6.07) is 4.18. The molecule has 1 aliphatic carbocycles. The van der Waals surface area contributed by atoms with E-state index in [1.165, 1.54) is 56.7 Å². The molecule has 0 aliphatic heterocycles. The lowest BCUT2D eigenvalue weighted by Gasteiger charge is -2.39. The van der Waals surface area contributed by atoms with Gasteiger partial charge < -0.3 is 4.43 Å². The molecule has 0 unspecified atom stereocenters. The Morgan fingerprint density at radius 2 is 1.40 bits per heavy atom. The van der Waals surface area contributed by atoms with E-state index in [9.17, 15) is 0 Å². The molecule has 15 heavy (non-hydrogen) atoms. The molecule has 0 saturated heterocycles. The predicted octanol–water partition coefficient (Wildman–Crippen LogP) is 4.73. The van der Waals surface area contributed by atoms with Crippen LogP contribution in [0.1, 0.15) is 59.3 Å². The van der Waals surface area contributed by atoms with Crippen LogP contribution in [0, 0.1) is 0 Å². The van der Waals surface area contributed by atoms with Crippen molar-refractivity contribution in [2.24, 2.45) is 0 Å². The minimum absolute atomic E-state index is 0.654. The molecule has 0 atom stereocenters. The number of rotatable bonds is 8. The van der Waals surface area contributed by atoms with Crippen LogP contribution >= 0.6 is 0 Å². The van der Waals surface area contributed by atoms with Crippen molar-refractivity contribution < 1.29 is 4.43 Å². The van der Waals surface area contributed by atoms with Gasteiger partial charge in [0.05, 0.1) is 0 Å². The Morgan fingerprint density at radius 1 is 0.933 bits per heavy atom. The summed E-state index contributed by atoms with van der Waals surface area (Å²) in [4.78, 5) is 0. The van der Waals surface area contributed by atoms with Crippen LogP contribution in [-0.4, -0.2) is 14.4 Å². The summed E-state index contributed by atoms with van der Waals surface area (Å²) in [7, 11) is -1.33. The molecule has 0 heterocycles. The molecular weight excluding hydrogens is 200 g/mol. The third-order valence-electron chi connectivity index (χ3n) is 3.59. The fourth-order valence-electron chi connectivity index (χ4n) is 2.76. The summed E-state index contributed by atoms with van der Waals surface area (Å²) in [5, 5.41) is 0. The lowest BCUT2D eigenvalue weighted by molar-refractivity contribution is 0.106. The second-order valence-corrected chi connectivity index (χ2v) is 9.21. The van der Waals surface area contributed by atoms with Crippen LogP contribution < -0.4 is 0 Å². The lowest BCUT2D eigenvalue weighted by atomic mass is 9.97. The average molecular weight is 228 g/mol. The molecule has 0 spiro atoms. The van der Waals surface area contributed by atoms with E-state index < -0.39 is 8.32 Å². The molecule has 0 bridgehead atoms. The minimum atomic E-state index is -1.33. The molecule has 1 fully saturated rings. The van der Waals surface area contributed by atoms with Gasteiger partial charge in [-0.3, -0.25) is 0 Å². The second-order valence-electron chi connectivity index (χ2n) is 5.10. The predicted molar refractivity (Wildman–Crippen MR) is 69.8 cm³/mol. The zero-order chi connectivity index (χ0) is 11.1. The first-order valence-corrected chi connectivity index (χ1v) is 9.47. The molecule has 1 saturated carbocycles. The van der Waals surface area contributed by atoms with Crippen molar-refractivity contribution in [1.82, 2.24) is 0 Å². The van der Waals surface area contributed by atoms with Crippen LogP contribution in [-0.2, 0) is 4.43 Å². The molecule has 1 nitrogen and oxygen atoms in total. The summed E-state index contributed by atoms with van der Waals surface area (Å²) in [5.74, 6) is 0. The van der Waals surface area contributed by atoms with Crippen LogP contribution in [0.4, 0.5) is 0 Å². The monoisotopic (exact) mass is 228 g/mol. The van der Waals surface area contributed by atoms with Gasteiger partial charge in [-0.25, -0.2) is 0 Å². The van der Waals surface area contributed by atoms with Crippen LogP contribution in [0.15, 0.2) is 0 Å². The molecule has 1 rings (SSSR count). The van der Waals surface area contributed by atoms with Gasteiger partial charge in [-0.15, -0.1) is 0 Å². The molecule has 0 radical (unpaired) electrons. The van der Waals surface area contributed by atoms with E-state index in [0.717, 1.165) is 0 Å². The highest BCUT2D eigenvalue weighted by molar-refractivity contribution is 6.73. The molecule has 0 N–H and O–H groups in total. The van der Waals surface area contributed by atoms with Gasteiger partial charge in [0.25, 0.3) is 0 Å². The van der Waals surface area contributed by atoms with Crippen molar-refractivity contribution in [2.45, 2.75) is 83.5 Å². The maximum atomic E-state index is 6.53. The fourth-order valence-corrected chi connectivity index (χ4v) is 7.54. The van der Waals surface area contributed by atoms with Gasteiger partial charge in [0.1, 0.15) is 0 Å². The van der Waals surface area contributed by atoms with Gasteiger partial charge in [0.2, 0.25) is 0 Å². The zero-order valence-electron chi connectivity index (χ0n) is 10.8. The van der Waals surface area contributed by atoms with Crippen molar-refractivity contribution in [3.05, 3.63) is 0 Å². The van der Waals surface area contributed by atoms with Gasteiger partial charge in [-0.1, -0.05) is 40.0 Å². The van der Waals surface area contributed by atoms with Gasteiger partial charge >= 0.3 is 0 Å². The third-order valence-corrected chi connectivity index (χ3v) is 8.65. The highest BCUT2D eigenvalue weighted by Gasteiger charge is 2.36. The summed E-state index contributed by atoms with van der Waals surface area (Å²) in [6.07, 6.45) is 8.69. The van der Waals surface area contributed by atoms with E-state index in [4.69, 9.17) is 4.43 Å². The maximum Gasteiger partial charge on any atom is 0.193 e. The maximum absolute atomic E-state index is 6.53. The molecule has 0 aromatic heterocycles. The topological polar surface area (TPSA) is 9.23 Å². The molecule has 0 aromatic rings. The normalized spacial score (nSPS) is 17.8. The van der Waals surface area contributed by atoms with Gasteiger partial charge in [-0.05, 0) is 37.4 Å². The first-order valence-electron chi connectivity index (χ1n) is 6.94. The first kappa shape index (κ1) is 13.2. The second kappa shape index (κ2) is 6.69. The van der Waals surface area contributed by atoms with E-state index in [-0.39, 0.29) is 0 Å². The highest BCUT2D eigenvalue weighted by Crippen LogP contribution is 2.33. The summed E-state index contributed by atoms with van der Waals surface area (Å²) in [5.41, 5.74) is 0. The minimum Gasteiger partial charge on any atom is -0.414 e. The van der Waals surface area contributed by atoms with E-state index in [1.54, 1.807) is 0 Å². The van der Waals surface area contributed by atoms with Crippen LogP contribution in [0.25, 0.3) is 0 Å². The highest BCUT2D eigenvalue weighted by atomic mass is 28.4. The quantitative estimate of drug-likeness (QED) is 0.546. The Morgan fingerprint density at radius 3 is 1.67 bits per heavy atom. The number of hydrogen-bond acceptors (Lipinski definition) is 1. The van der Waals surface area contributed by atoms with E-state index in [1.807, 2.05) is 0 Å². The third kappa shape index (κ3) is 3.91. The van der Waals surface area contributed by atoms with E-state index in [2.05, 4.69) is 20.8 Å². The van der Waals surface area contributed by atoms with Gasteiger partial charge in [0.15, 0.2) is 8.32 Å². The summed E-state index contributed by atoms with van der Waals surface area (Å²) >= 11 is 0. The average Bonchev–Trinajstić information content (AvgIpc) is 2.13. The Hall–Kier alpha value is 0.177. The van der Waals surface area contributed by atoms with Gasteiger partial charge in [0, 0.05) is 6.10 Å². The smallest absolute Gasteiger partial charge is 0.193 e. The summed E-state index contributed by atoms with van der Waals surface area (Å²) < 4.78 is 6.53. The van der Waals surface area contributed by atoms with Crippen molar-refractivity contribution in [3.63, 3.8) is 0 Å². The Balaban J connectivity index is 2.51. The molecular formula is C13H28OSi. The summed E-state index contributed by atoms with van der Waals surface area (Å²) in [6.45, 7) is 6.95. The standard InChI is InChI=1S/C13H28OSi/c1-4-10-15(11-5-2,12-6-3)14-13-8-7-9-13/h13H,4-12H2,1-3H3. The Kier molecular flexibility index (Phi) is 5.91. The van der Waals surface area contributed by atoms with Crippen LogP contribution in [0.3, 0.4) is 0 Å². The van der Waals surface area contributed by atoms with Crippen LogP contribution in [0.5, 0.6) is 0 Å². The Labute approximate surface area is 96.7 Å². The lowest BCUT2D eigenvalue weighted by Crippen LogP contribution is -2.43. The van der Waals surface area contributed by atoms with Crippen molar-refractivity contribution in [2.75, 3.05) is 0 Å². The van der Waals surface area contributed by atoms with Crippen molar-refractivity contribution in [3.8, 4) is 0 Å². The largest absolute Gasteiger partial charge is 0.414 e. The van der Waals surface area contributed by atoms with Crippen molar-refractivity contribution >= 4 is 8.32 Å². The van der Waals surface area contributed by atoms with Crippen LogP contribution in [0.2, 0.25) is 18.1 Å². The SMILES string of the molecule is CCC[Si](CCC)(CCC)OC1CCC1. The first-order chi connectivity index (χ1) is 7.26. The molecule has 1 aliphatic rings. The van der Waals surface area contributed by atoms with Crippen molar-refractivity contribution in [1.29, 1.82) is 0 Å². The molecule has 90 valence electrons. The number of hydrogen-bond donors (Lipinski definition) is 0. The molecule has 2 heteroatoms. The van der Waals surface area contributed by atoms with E-state index >= 15 is 0 Å². The molecule has 0 amide bonds.